The largest absolute Gasteiger partial charge is 3.00 e. The third-order valence-electron chi connectivity index (χ3n) is 6.53. The van der Waals surface area contributed by atoms with Crippen LogP contribution in [0.3, 0.4) is 0 Å². The number of benzene rings is 3. The van der Waals surface area contributed by atoms with Gasteiger partial charge in [0.05, 0.1) is 17.9 Å². The normalized spacial score (nSPS) is 9.92. The average Bonchev–Trinajstić information content (AvgIpc) is 3.09. The molecule has 0 bridgehead atoms. The number of hydrogen-bond acceptors (Lipinski definition) is 9. The van der Waals surface area contributed by atoms with Crippen molar-refractivity contribution in [2.45, 2.75) is 0 Å². The van der Waals surface area contributed by atoms with Crippen molar-refractivity contribution in [2.24, 2.45) is 0 Å². The Hall–Kier alpha value is -1.60. The first kappa shape index (κ1) is 47.4. The zero-order valence-corrected chi connectivity index (χ0v) is 34.7. The van der Waals surface area contributed by atoms with Crippen LogP contribution in [0.2, 0.25) is 0 Å². The molecule has 0 aliphatic heterocycles. The van der Waals surface area contributed by atoms with E-state index in [1.54, 1.807) is 36.4 Å². The van der Waals surface area contributed by atoms with Gasteiger partial charge in [-0.25, -0.2) is 0 Å². The van der Waals surface area contributed by atoms with Gasteiger partial charge in [0, 0.05) is 91.6 Å². The Bertz CT molecular complexity index is 1180. The molecule has 9 nitrogen and oxygen atoms in total. The van der Waals surface area contributed by atoms with Gasteiger partial charge in [-0.2, -0.15) is 0 Å². The summed E-state index contributed by atoms with van der Waals surface area (Å²) in [7, 11) is 0. The molecule has 0 aromatic heterocycles. The number of aromatic carboxylic acids is 3. The molecule has 3 rings (SSSR count). The second-order valence-corrected chi connectivity index (χ2v) is 11.9. The minimum Gasteiger partial charge on any atom is -0.545 e. The zero-order chi connectivity index (χ0) is 35.9. The van der Waals surface area contributed by atoms with E-state index in [0.717, 1.165) is 17.1 Å². The first-order valence-electron chi connectivity index (χ1n) is 14.6. The number of rotatable bonds is 18. The van der Waals surface area contributed by atoms with E-state index < -0.39 is 17.9 Å². The second kappa shape index (κ2) is 28.0. The maximum absolute atomic E-state index is 10.6. The van der Waals surface area contributed by atoms with Gasteiger partial charge < -0.3 is 44.4 Å². The Balaban J connectivity index is 0.000000698. The van der Waals surface area contributed by atoms with E-state index in [9.17, 15) is 29.7 Å². The standard InChI is InChI=1S/3C11H13Cl2NO2.La/c3*12-5-7-14(8-6-13)10-3-1-9(2-4-10)11(15)16;/h3*1-4H,5-8H2,(H,15,16);/q;;;+3/p-3. The van der Waals surface area contributed by atoms with E-state index in [-0.39, 0.29) is 52.3 Å². The van der Waals surface area contributed by atoms with Crippen molar-refractivity contribution in [3.63, 3.8) is 0 Å². The van der Waals surface area contributed by atoms with Gasteiger partial charge in [-0.15, -0.1) is 69.6 Å². The van der Waals surface area contributed by atoms with E-state index in [4.69, 9.17) is 69.6 Å². The van der Waals surface area contributed by atoms with Gasteiger partial charge in [-0.1, -0.05) is 36.4 Å². The van der Waals surface area contributed by atoms with Crippen molar-refractivity contribution < 1.29 is 65.3 Å². The Kier molecular flexibility index (Phi) is 27.1. The van der Waals surface area contributed by atoms with E-state index in [1.165, 1.54) is 36.4 Å². The Labute approximate surface area is 345 Å². The monoisotopic (exact) mass is 919 g/mol. The number of carboxylic acids is 3. The first-order chi connectivity index (χ1) is 23.1. The topological polar surface area (TPSA) is 130 Å². The van der Waals surface area contributed by atoms with Crippen LogP contribution in [0.1, 0.15) is 31.1 Å². The fourth-order valence-electron chi connectivity index (χ4n) is 4.15. The molecule has 0 saturated heterocycles. The summed E-state index contributed by atoms with van der Waals surface area (Å²) in [5.41, 5.74) is 3.23. The number of carboxylic acid groups (broad SMARTS) is 3. The molecule has 0 heterocycles. The van der Waals surface area contributed by atoms with Crippen LogP contribution in [0.15, 0.2) is 72.8 Å². The first-order valence-corrected chi connectivity index (χ1v) is 17.8. The molecule has 49 heavy (non-hydrogen) atoms. The molecule has 0 amide bonds. The van der Waals surface area contributed by atoms with E-state index in [2.05, 4.69) is 0 Å². The summed E-state index contributed by atoms with van der Waals surface area (Å²) >= 11 is 34.0. The van der Waals surface area contributed by atoms with E-state index in [1.807, 2.05) is 14.7 Å². The van der Waals surface area contributed by atoms with Crippen molar-refractivity contribution in [1.29, 1.82) is 0 Å². The van der Waals surface area contributed by atoms with Crippen LogP contribution >= 0.6 is 69.6 Å². The van der Waals surface area contributed by atoms with Crippen LogP contribution in [0, 0.1) is 35.6 Å². The smallest absolute Gasteiger partial charge is 0.545 e. The molecule has 0 saturated carbocycles. The van der Waals surface area contributed by atoms with Gasteiger partial charge in [0.1, 0.15) is 0 Å². The van der Waals surface area contributed by atoms with Gasteiger partial charge in [0.15, 0.2) is 0 Å². The van der Waals surface area contributed by atoms with Gasteiger partial charge in [-0.05, 0) is 53.1 Å². The molecule has 16 heteroatoms. The fraction of sp³-hybridized carbons (Fsp3) is 0.364. The summed E-state index contributed by atoms with van der Waals surface area (Å²) < 4.78 is 0. The van der Waals surface area contributed by atoms with E-state index in [0.29, 0.717) is 74.5 Å². The molecule has 0 N–H and O–H groups in total. The predicted octanol–water partition coefficient (Wildman–Crippen LogP) is 4.00. The molecule has 0 unspecified atom stereocenters. The summed E-state index contributed by atoms with van der Waals surface area (Å²) in [6, 6.07) is 19.4. The summed E-state index contributed by atoms with van der Waals surface area (Å²) in [6.45, 7) is 4.08. The number of halogens is 6. The third kappa shape index (κ3) is 18.5. The molecule has 0 aliphatic carbocycles. The van der Waals surface area contributed by atoms with Crippen LogP contribution in [0.5, 0.6) is 0 Å². The van der Waals surface area contributed by atoms with Gasteiger partial charge in [-0.3, -0.25) is 0 Å². The van der Waals surface area contributed by atoms with Crippen molar-refractivity contribution >= 4 is 105 Å². The molecule has 0 aliphatic rings. The molecule has 0 radical (unpaired) electrons. The van der Waals surface area contributed by atoms with Crippen molar-refractivity contribution in [2.75, 3.05) is 89.2 Å². The number of anilines is 3. The summed E-state index contributed by atoms with van der Waals surface area (Å²) in [5, 5.41) is 31.7. The number of carbonyl (C=O) groups excluding carboxylic acids is 3. The van der Waals surface area contributed by atoms with Crippen LogP contribution in [0.25, 0.3) is 0 Å². The van der Waals surface area contributed by atoms with Crippen molar-refractivity contribution in [3.05, 3.63) is 89.5 Å². The summed E-state index contributed by atoms with van der Waals surface area (Å²) in [6.07, 6.45) is 0. The number of alkyl halides is 6. The minimum absolute atomic E-state index is 0. The van der Waals surface area contributed by atoms with Crippen LogP contribution < -0.4 is 30.0 Å². The molecule has 0 atom stereocenters. The fourth-order valence-corrected chi connectivity index (χ4v) is 5.37. The van der Waals surface area contributed by atoms with E-state index >= 15 is 0 Å². The van der Waals surface area contributed by atoms with Crippen LogP contribution in [0.4, 0.5) is 17.1 Å². The van der Waals surface area contributed by atoms with Crippen LogP contribution in [-0.2, 0) is 0 Å². The summed E-state index contributed by atoms with van der Waals surface area (Å²) in [4.78, 5) is 37.7. The van der Waals surface area contributed by atoms with Gasteiger partial charge >= 0.3 is 35.6 Å². The molecular weight excluding hydrogens is 886 g/mol. The Morgan fingerprint density at radius 2 is 0.551 bits per heavy atom. The SMILES string of the molecule is O=C([O-])c1ccc(N(CCCl)CCCl)cc1.O=C([O-])c1ccc(N(CCCl)CCCl)cc1.O=C([O-])c1ccc(N(CCCl)CCCl)cc1.[La+3]. The second-order valence-electron chi connectivity index (χ2n) is 9.60. The third-order valence-corrected chi connectivity index (χ3v) is 7.55. The molecular formula is C33H36Cl6LaN3O6. The van der Waals surface area contributed by atoms with Crippen molar-refractivity contribution in [3.8, 4) is 0 Å². The number of hydrogen-bond donors (Lipinski definition) is 0. The van der Waals surface area contributed by atoms with Crippen LogP contribution in [-0.4, -0.2) is 92.5 Å². The minimum atomic E-state index is -1.17. The zero-order valence-electron chi connectivity index (χ0n) is 26.5. The Morgan fingerprint density at radius 1 is 0.388 bits per heavy atom. The van der Waals surface area contributed by atoms with Crippen molar-refractivity contribution in [1.82, 2.24) is 0 Å². The maximum atomic E-state index is 10.6. The molecule has 3 aromatic rings. The molecule has 264 valence electrons. The molecule has 0 spiro atoms. The molecule has 3 aromatic carbocycles. The quantitative estimate of drug-likeness (QED) is 0.174. The number of nitrogens with zero attached hydrogens (tertiary/aromatic N) is 3. The average molecular weight is 922 g/mol. The Morgan fingerprint density at radius 3 is 0.673 bits per heavy atom. The molecule has 0 fully saturated rings. The van der Waals surface area contributed by atoms with Gasteiger partial charge in [0.25, 0.3) is 0 Å². The summed E-state index contributed by atoms with van der Waals surface area (Å²) in [5.74, 6) is -0.525. The van der Waals surface area contributed by atoms with Gasteiger partial charge in [0.2, 0.25) is 0 Å². The predicted molar refractivity (Wildman–Crippen MR) is 193 cm³/mol. The number of carbonyl (C=O) groups is 3. The maximum Gasteiger partial charge on any atom is 3.00 e.